The van der Waals surface area contributed by atoms with Crippen molar-refractivity contribution in [3.8, 4) is 0 Å². The van der Waals surface area contributed by atoms with E-state index in [0.29, 0.717) is 17.5 Å². The third-order valence-electron chi connectivity index (χ3n) is 6.31. The minimum Gasteiger partial charge on any atom is -0.451 e. The van der Waals surface area contributed by atoms with E-state index in [1.165, 1.54) is 30.0 Å². The molecule has 1 aliphatic heterocycles. The Labute approximate surface area is 189 Å². The minimum atomic E-state index is -0.360. The second kappa shape index (κ2) is 8.91. The molecule has 2 heterocycles. The SMILES string of the molecule is Cc1ccc2c(=O)cc(C(=O)NC[C@H](c3ccc(C(C)(C)C)cc3)N3CCCC3)oc2c1. The Bertz CT molecular complexity index is 1170. The standard InChI is InChI=1S/C27H32N2O3/c1-18-7-12-21-23(30)16-25(32-24(21)15-18)26(31)28-17-22(29-13-5-6-14-29)19-8-10-20(11-9-19)27(2,3)4/h7-12,15-16,22H,5-6,13-14,17H2,1-4H3,(H,28,31)/t22-/m1/s1. The maximum absolute atomic E-state index is 12.9. The Balaban J connectivity index is 1.55. The molecule has 0 radical (unpaired) electrons. The molecule has 1 fully saturated rings. The van der Waals surface area contributed by atoms with Gasteiger partial charge in [-0.05, 0) is 67.1 Å². The fourth-order valence-corrected chi connectivity index (χ4v) is 4.37. The Morgan fingerprint density at radius 2 is 1.75 bits per heavy atom. The van der Waals surface area contributed by atoms with E-state index in [1.54, 1.807) is 12.1 Å². The van der Waals surface area contributed by atoms with Crippen molar-refractivity contribution in [2.45, 2.75) is 52.0 Å². The van der Waals surface area contributed by atoms with Crippen molar-refractivity contribution in [1.29, 1.82) is 0 Å². The first kappa shape index (κ1) is 22.3. The molecule has 1 N–H and O–H groups in total. The third-order valence-corrected chi connectivity index (χ3v) is 6.31. The second-order valence-electron chi connectivity index (χ2n) is 9.82. The van der Waals surface area contributed by atoms with E-state index in [1.807, 2.05) is 13.0 Å². The third kappa shape index (κ3) is 4.78. The Hall–Kier alpha value is -2.92. The van der Waals surface area contributed by atoms with Gasteiger partial charge in [-0.25, -0.2) is 0 Å². The molecule has 1 aromatic heterocycles. The van der Waals surface area contributed by atoms with E-state index >= 15 is 0 Å². The summed E-state index contributed by atoms with van der Waals surface area (Å²) in [6.45, 7) is 11.1. The van der Waals surface area contributed by atoms with Gasteiger partial charge in [-0.1, -0.05) is 51.1 Å². The molecule has 4 rings (SSSR count). The maximum atomic E-state index is 12.9. The summed E-state index contributed by atoms with van der Waals surface area (Å²) in [5, 5.41) is 3.50. The molecule has 2 aromatic carbocycles. The summed E-state index contributed by atoms with van der Waals surface area (Å²) in [4.78, 5) is 27.8. The van der Waals surface area contributed by atoms with Crippen molar-refractivity contribution in [1.82, 2.24) is 10.2 Å². The van der Waals surface area contributed by atoms with Gasteiger partial charge in [0.25, 0.3) is 5.91 Å². The topological polar surface area (TPSA) is 62.6 Å². The van der Waals surface area contributed by atoms with Crippen LogP contribution in [0.1, 0.15) is 66.9 Å². The lowest BCUT2D eigenvalue weighted by Gasteiger charge is -2.29. The van der Waals surface area contributed by atoms with E-state index in [2.05, 4.69) is 55.3 Å². The van der Waals surface area contributed by atoms with Crippen LogP contribution in [0.2, 0.25) is 0 Å². The molecular formula is C27H32N2O3. The number of carbonyl (C=O) groups is 1. The monoisotopic (exact) mass is 432 g/mol. The Morgan fingerprint density at radius 1 is 1.06 bits per heavy atom. The minimum absolute atomic E-state index is 0.0522. The van der Waals surface area contributed by atoms with Crippen LogP contribution >= 0.6 is 0 Å². The summed E-state index contributed by atoms with van der Waals surface area (Å²) in [7, 11) is 0. The molecule has 0 aliphatic carbocycles. The van der Waals surface area contributed by atoms with Crippen LogP contribution in [-0.4, -0.2) is 30.4 Å². The van der Waals surface area contributed by atoms with Crippen molar-refractivity contribution in [3.05, 3.63) is 81.2 Å². The maximum Gasteiger partial charge on any atom is 0.287 e. The highest BCUT2D eigenvalue weighted by atomic mass is 16.3. The molecule has 1 amide bonds. The molecule has 0 unspecified atom stereocenters. The molecule has 168 valence electrons. The van der Waals surface area contributed by atoms with Crippen LogP contribution in [0.3, 0.4) is 0 Å². The largest absolute Gasteiger partial charge is 0.451 e. The van der Waals surface area contributed by atoms with Gasteiger partial charge in [0.15, 0.2) is 11.2 Å². The number of aryl methyl sites for hydroxylation is 1. The number of amides is 1. The van der Waals surface area contributed by atoms with Crippen LogP contribution in [0.25, 0.3) is 11.0 Å². The number of rotatable bonds is 5. The van der Waals surface area contributed by atoms with Gasteiger partial charge in [-0.3, -0.25) is 14.5 Å². The summed E-state index contributed by atoms with van der Waals surface area (Å²) in [5.74, 6) is -0.308. The molecule has 0 saturated carbocycles. The lowest BCUT2D eigenvalue weighted by atomic mass is 9.86. The lowest BCUT2D eigenvalue weighted by Crippen LogP contribution is -2.37. The number of nitrogens with one attached hydrogen (secondary N) is 1. The van der Waals surface area contributed by atoms with Crippen LogP contribution in [0, 0.1) is 6.92 Å². The first-order chi connectivity index (χ1) is 15.2. The number of carbonyl (C=O) groups excluding carboxylic acids is 1. The Kier molecular flexibility index (Phi) is 6.20. The van der Waals surface area contributed by atoms with Gasteiger partial charge in [0.1, 0.15) is 5.58 Å². The second-order valence-corrected chi connectivity index (χ2v) is 9.82. The number of fused-ring (bicyclic) bond motifs is 1. The van der Waals surface area contributed by atoms with Crippen molar-refractivity contribution in [2.75, 3.05) is 19.6 Å². The van der Waals surface area contributed by atoms with Crippen LogP contribution < -0.4 is 10.7 Å². The Morgan fingerprint density at radius 3 is 2.41 bits per heavy atom. The fraction of sp³-hybridized carbons (Fsp3) is 0.407. The van der Waals surface area contributed by atoms with E-state index in [-0.39, 0.29) is 28.6 Å². The van der Waals surface area contributed by atoms with E-state index in [0.717, 1.165) is 18.7 Å². The van der Waals surface area contributed by atoms with Gasteiger partial charge < -0.3 is 9.73 Å². The molecule has 3 aromatic rings. The summed E-state index contributed by atoms with van der Waals surface area (Å²) in [6, 6.07) is 15.5. The highest BCUT2D eigenvalue weighted by Crippen LogP contribution is 2.28. The molecule has 5 heteroatoms. The lowest BCUT2D eigenvalue weighted by molar-refractivity contribution is 0.0910. The van der Waals surface area contributed by atoms with Crippen LogP contribution in [0.4, 0.5) is 0 Å². The molecular weight excluding hydrogens is 400 g/mol. The predicted octanol–water partition coefficient (Wildman–Crippen LogP) is 4.97. The molecule has 0 spiro atoms. The summed E-state index contributed by atoms with van der Waals surface area (Å²) in [5.41, 5.74) is 3.80. The number of hydrogen-bond donors (Lipinski definition) is 1. The molecule has 1 atom stereocenters. The highest BCUT2D eigenvalue weighted by molar-refractivity contribution is 5.93. The number of benzene rings is 2. The van der Waals surface area contributed by atoms with Crippen LogP contribution in [0.15, 0.2) is 57.7 Å². The first-order valence-electron chi connectivity index (χ1n) is 11.4. The van der Waals surface area contributed by atoms with E-state index in [4.69, 9.17) is 4.42 Å². The smallest absolute Gasteiger partial charge is 0.287 e. The van der Waals surface area contributed by atoms with Crippen LogP contribution in [0.5, 0.6) is 0 Å². The van der Waals surface area contributed by atoms with Crippen molar-refractivity contribution in [2.24, 2.45) is 0 Å². The number of nitrogens with zero attached hydrogens (tertiary/aromatic N) is 1. The molecule has 1 saturated heterocycles. The fourth-order valence-electron chi connectivity index (χ4n) is 4.37. The van der Waals surface area contributed by atoms with Crippen molar-refractivity contribution >= 4 is 16.9 Å². The van der Waals surface area contributed by atoms with Gasteiger partial charge in [-0.15, -0.1) is 0 Å². The average molecular weight is 433 g/mol. The number of hydrogen-bond acceptors (Lipinski definition) is 4. The van der Waals surface area contributed by atoms with E-state index in [9.17, 15) is 9.59 Å². The predicted molar refractivity (Wildman–Crippen MR) is 128 cm³/mol. The van der Waals surface area contributed by atoms with Gasteiger partial charge in [0.05, 0.1) is 11.4 Å². The quantitative estimate of drug-likeness (QED) is 0.619. The normalized spacial score (nSPS) is 15.8. The van der Waals surface area contributed by atoms with E-state index < -0.39 is 0 Å². The van der Waals surface area contributed by atoms with Crippen molar-refractivity contribution < 1.29 is 9.21 Å². The first-order valence-corrected chi connectivity index (χ1v) is 11.4. The molecule has 1 aliphatic rings. The van der Waals surface area contributed by atoms with Gasteiger partial charge in [-0.2, -0.15) is 0 Å². The van der Waals surface area contributed by atoms with Crippen LogP contribution in [-0.2, 0) is 5.41 Å². The van der Waals surface area contributed by atoms with Gasteiger partial charge in [0, 0.05) is 12.6 Å². The molecule has 5 nitrogen and oxygen atoms in total. The van der Waals surface area contributed by atoms with Gasteiger partial charge >= 0.3 is 0 Å². The zero-order valence-electron chi connectivity index (χ0n) is 19.4. The molecule has 0 bridgehead atoms. The summed E-state index contributed by atoms with van der Waals surface area (Å²) < 4.78 is 5.78. The summed E-state index contributed by atoms with van der Waals surface area (Å²) in [6.07, 6.45) is 2.34. The average Bonchev–Trinajstić information content (AvgIpc) is 3.27. The zero-order chi connectivity index (χ0) is 22.9. The highest BCUT2D eigenvalue weighted by Gasteiger charge is 2.25. The summed E-state index contributed by atoms with van der Waals surface area (Å²) >= 11 is 0. The number of likely N-dealkylation sites (tertiary alicyclic amines) is 1. The van der Waals surface area contributed by atoms with Crippen molar-refractivity contribution in [3.63, 3.8) is 0 Å². The van der Waals surface area contributed by atoms with Gasteiger partial charge in [0.2, 0.25) is 0 Å². The molecule has 32 heavy (non-hydrogen) atoms. The zero-order valence-corrected chi connectivity index (χ0v) is 19.4.